The second kappa shape index (κ2) is 8.70. The molecule has 0 bridgehead atoms. The van der Waals surface area contributed by atoms with Crippen molar-refractivity contribution in [2.45, 2.75) is 19.8 Å². The van der Waals surface area contributed by atoms with Crippen LogP contribution in [0.2, 0.25) is 0 Å². The van der Waals surface area contributed by atoms with E-state index in [4.69, 9.17) is 4.74 Å². The number of hydrogen-bond donors (Lipinski definition) is 0. The molecule has 0 N–H and O–H groups in total. The van der Waals surface area contributed by atoms with Gasteiger partial charge in [-0.25, -0.2) is 4.39 Å². The highest BCUT2D eigenvalue weighted by molar-refractivity contribution is 5.76. The number of anilines is 1. The van der Waals surface area contributed by atoms with Crippen molar-refractivity contribution >= 4 is 11.6 Å². The maximum Gasteiger partial charge on any atom is 0.223 e. The Morgan fingerprint density at radius 1 is 1.00 bits per heavy atom. The van der Waals surface area contributed by atoms with Crippen LogP contribution in [0.25, 0.3) is 0 Å². The molecular weight excluding hydrogens is 331 g/mol. The number of rotatable bonds is 6. The topological polar surface area (TPSA) is 32.8 Å². The Kier molecular flexibility index (Phi) is 6.10. The van der Waals surface area contributed by atoms with Gasteiger partial charge < -0.3 is 14.5 Å². The molecule has 0 saturated carbocycles. The zero-order valence-corrected chi connectivity index (χ0v) is 15.2. The lowest BCUT2D eigenvalue weighted by Crippen LogP contribution is -2.48. The number of aryl methyl sites for hydroxylation is 1. The summed E-state index contributed by atoms with van der Waals surface area (Å²) in [5.74, 6) is 0.828. The molecule has 26 heavy (non-hydrogen) atoms. The summed E-state index contributed by atoms with van der Waals surface area (Å²) in [6.07, 6.45) is 1.26. The number of carbonyl (C=O) groups excluding carboxylic acids is 1. The van der Waals surface area contributed by atoms with Gasteiger partial charge in [0, 0.05) is 38.3 Å². The molecule has 0 aromatic heterocycles. The van der Waals surface area contributed by atoms with Crippen molar-refractivity contribution in [2.24, 2.45) is 0 Å². The summed E-state index contributed by atoms with van der Waals surface area (Å²) in [4.78, 5) is 16.6. The van der Waals surface area contributed by atoms with Gasteiger partial charge in [0.25, 0.3) is 0 Å². The number of hydrogen-bond acceptors (Lipinski definition) is 3. The minimum Gasteiger partial charge on any atom is -0.494 e. The average molecular weight is 356 g/mol. The first-order valence-electron chi connectivity index (χ1n) is 9.15. The Labute approximate surface area is 154 Å². The molecule has 2 aromatic carbocycles. The van der Waals surface area contributed by atoms with Gasteiger partial charge in [-0.15, -0.1) is 0 Å². The van der Waals surface area contributed by atoms with Crippen molar-refractivity contribution in [1.82, 2.24) is 4.90 Å². The molecule has 0 aliphatic carbocycles. The van der Waals surface area contributed by atoms with Gasteiger partial charge in [0.1, 0.15) is 11.6 Å². The van der Waals surface area contributed by atoms with Crippen molar-refractivity contribution in [3.05, 3.63) is 59.9 Å². The number of benzene rings is 2. The molecule has 0 radical (unpaired) electrons. The molecule has 1 saturated heterocycles. The van der Waals surface area contributed by atoms with E-state index in [-0.39, 0.29) is 11.7 Å². The lowest BCUT2D eigenvalue weighted by atomic mass is 10.1. The first kappa shape index (κ1) is 18.2. The van der Waals surface area contributed by atoms with Crippen LogP contribution in [0.15, 0.2) is 48.5 Å². The summed E-state index contributed by atoms with van der Waals surface area (Å²) in [5, 5.41) is 0. The Morgan fingerprint density at radius 3 is 2.27 bits per heavy atom. The van der Waals surface area contributed by atoms with E-state index in [1.807, 2.05) is 36.1 Å². The van der Waals surface area contributed by atoms with E-state index in [9.17, 15) is 9.18 Å². The molecule has 0 unspecified atom stereocenters. The third-order valence-electron chi connectivity index (χ3n) is 4.69. The molecule has 1 heterocycles. The van der Waals surface area contributed by atoms with Gasteiger partial charge in [0.2, 0.25) is 5.91 Å². The predicted octanol–water partition coefficient (Wildman–Crippen LogP) is 3.51. The number of ether oxygens (including phenoxy) is 1. The van der Waals surface area contributed by atoms with Crippen molar-refractivity contribution in [1.29, 1.82) is 0 Å². The molecule has 0 spiro atoms. The van der Waals surface area contributed by atoms with Crippen molar-refractivity contribution in [2.75, 3.05) is 37.7 Å². The fourth-order valence-corrected chi connectivity index (χ4v) is 3.19. The van der Waals surface area contributed by atoms with E-state index in [0.29, 0.717) is 26.1 Å². The molecule has 138 valence electrons. The van der Waals surface area contributed by atoms with Crippen LogP contribution in [0.1, 0.15) is 18.9 Å². The van der Waals surface area contributed by atoms with Crippen LogP contribution in [-0.2, 0) is 11.2 Å². The Hall–Kier alpha value is -2.56. The second-order valence-corrected chi connectivity index (χ2v) is 6.42. The van der Waals surface area contributed by atoms with Crippen LogP contribution in [0.3, 0.4) is 0 Å². The average Bonchev–Trinajstić information content (AvgIpc) is 2.68. The summed E-state index contributed by atoms with van der Waals surface area (Å²) in [5.41, 5.74) is 2.15. The fourth-order valence-electron chi connectivity index (χ4n) is 3.19. The Bertz CT molecular complexity index is 708. The summed E-state index contributed by atoms with van der Waals surface area (Å²) in [6, 6.07) is 14.5. The van der Waals surface area contributed by atoms with E-state index < -0.39 is 0 Å². The highest BCUT2D eigenvalue weighted by Gasteiger charge is 2.21. The second-order valence-electron chi connectivity index (χ2n) is 6.42. The van der Waals surface area contributed by atoms with E-state index in [0.717, 1.165) is 36.5 Å². The number of nitrogens with zero attached hydrogens (tertiary/aromatic N) is 2. The molecule has 2 aromatic rings. The molecule has 1 amide bonds. The maximum absolute atomic E-state index is 13.0. The number of halogens is 1. The SMILES string of the molecule is CCOc1ccc(CCC(=O)N2CCN(c3ccc(F)cc3)CC2)cc1. The van der Waals surface area contributed by atoms with Gasteiger partial charge in [0.15, 0.2) is 0 Å². The smallest absolute Gasteiger partial charge is 0.223 e. The normalized spacial score (nSPS) is 14.4. The monoisotopic (exact) mass is 356 g/mol. The fraction of sp³-hybridized carbons (Fsp3) is 0.381. The Morgan fingerprint density at radius 2 is 1.65 bits per heavy atom. The van der Waals surface area contributed by atoms with Gasteiger partial charge in [-0.2, -0.15) is 0 Å². The summed E-state index contributed by atoms with van der Waals surface area (Å²) >= 11 is 0. The molecule has 0 atom stereocenters. The maximum atomic E-state index is 13.0. The van der Waals surface area contributed by atoms with E-state index in [2.05, 4.69) is 4.90 Å². The van der Waals surface area contributed by atoms with Crippen LogP contribution in [-0.4, -0.2) is 43.6 Å². The molecule has 1 aliphatic heterocycles. The quantitative estimate of drug-likeness (QED) is 0.794. The van der Waals surface area contributed by atoms with Gasteiger partial charge in [-0.1, -0.05) is 12.1 Å². The summed E-state index contributed by atoms with van der Waals surface area (Å²) in [7, 11) is 0. The minimum absolute atomic E-state index is 0.192. The highest BCUT2D eigenvalue weighted by Crippen LogP contribution is 2.18. The van der Waals surface area contributed by atoms with Gasteiger partial charge in [-0.05, 0) is 55.3 Å². The summed E-state index contributed by atoms with van der Waals surface area (Å²) < 4.78 is 18.5. The minimum atomic E-state index is -0.225. The van der Waals surface area contributed by atoms with Gasteiger partial charge >= 0.3 is 0 Å². The highest BCUT2D eigenvalue weighted by atomic mass is 19.1. The molecule has 5 heteroatoms. The van der Waals surface area contributed by atoms with Crippen LogP contribution < -0.4 is 9.64 Å². The largest absolute Gasteiger partial charge is 0.494 e. The number of amides is 1. The van der Waals surface area contributed by atoms with Crippen molar-refractivity contribution in [3.63, 3.8) is 0 Å². The predicted molar refractivity (Wildman–Crippen MR) is 101 cm³/mol. The van der Waals surface area contributed by atoms with Crippen LogP contribution in [0, 0.1) is 5.82 Å². The van der Waals surface area contributed by atoms with Crippen LogP contribution in [0.5, 0.6) is 5.75 Å². The zero-order chi connectivity index (χ0) is 18.4. The lowest BCUT2D eigenvalue weighted by Gasteiger charge is -2.36. The van der Waals surface area contributed by atoms with Gasteiger partial charge in [0.05, 0.1) is 6.61 Å². The van der Waals surface area contributed by atoms with E-state index >= 15 is 0 Å². The lowest BCUT2D eigenvalue weighted by molar-refractivity contribution is -0.131. The number of carbonyl (C=O) groups is 1. The van der Waals surface area contributed by atoms with Gasteiger partial charge in [-0.3, -0.25) is 4.79 Å². The standard InChI is InChI=1S/C21H25FN2O2/c1-2-26-20-10-3-17(4-11-20)5-12-21(25)24-15-13-23(14-16-24)19-8-6-18(22)7-9-19/h3-4,6-11H,2,5,12-16H2,1H3. The van der Waals surface area contributed by atoms with Crippen LogP contribution >= 0.6 is 0 Å². The molecule has 1 aliphatic rings. The first-order chi connectivity index (χ1) is 12.7. The van der Waals surface area contributed by atoms with Crippen molar-refractivity contribution < 1.29 is 13.9 Å². The van der Waals surface area contributed by atoms with E-state index in [1.165, 1.54) is 12.1 Å². The third-order valence-corrected chi connectivity index (χ3v) is 4.69. The van der Waals surface area contributed by atoms with E-state index in [1.54, 1.807) is 12.1 Å². The molecule has 3 rings (SSSR count). The Balaban J connectivity index is 1.45. The van der Waals surface area contributed by atoms with Crippen LogP contribution in [0.4, 0.5) is 10.1 Å². The molecular formula is C21H25FN2O2. The number of piperazine rings is 1. The molecule has 1 fully saturated rings. The first-order valence-corrected chi connectivity index (χ1v) is 9.15. The zero-order valence-electron chi connectivity index (χ0n) is 15.2. The third kappa shape index (κ3) is 4.75. The summed E-state index contributed by atoms with van der Waals surface area (Å²) in [6.45, 7) is 5.59. The molecule has 4 nitrogen and oxygen atoms in total. The van der Waals surface area contributed by atoms with Crippen molar-refractivity contribution in [3.8, 4) is 5.75 Å².